The van der Waals surface area contributed by atoms with E-state index in [4.69, 9.17) is 35.4 Å². The number of benzene rings is 2. The Morgan fingerprint density at radius 1 is 1.00 bits per heavy atom. The maximum atomic E-state index is 12.3. The summed E-state index contributed by atoms with van der Waals surface area (Å²) in [5, 5.41) is 6.18. The molecule has 2 aromatic rings. The van der Waals surface area contributed by atoms with E-state index in [2.05, 4.69) is 10.6 Å². The quantitative estimate of drug-likeness (QED) is 0.583. The summed E-state index contributed by atoms with van der Waals surface area (Å²) in [4.78, 5) is 37.6. The normalized spacial score (nSPS) is 12.7. The molecule has 0 saturated carbocycles. The number of amides is 3. The van der Waals surface area contributed by atoms with Gasteiger partial charge in [0.25, 0.3) is 11.8 Å². The Bertz CT molecular complexity index is 909. The summed E-state index contributed by atoms with van der Waals surface area (Å²) >= 11 is 16.9. The van der Waals surface area contributed by atoms with Crippen molar-refractivity contribution in [2.45, 2.75) is 6.42 Å². The molecule has 1 heterocycles. The Balaban J connectivity index is 1.53. The summed E-state index contributed by atoms with van der Waals surface area (Å²) < 4.78 is 0. The highest BCUT2D eigenvalue weighted by Crippen LogP contribution is 2.23. The van der Waals surface area contributed by atoms with Crippen LogP contribution in [-0.2, 0) is 4.79 Å². The number of hydrogen-bond donors (Lipinski definition) is 2. The molecule has 6 nitrogen and oxygen atoms in total. The third-order valence-electron chi connectivity index (χ3n) is 3.81. The molecule has 0 bridgehead atoms. The number of thiocarbonyl (C=S) groups is 1. The first-order valence-corrected chi connectivity index (χ1v) is 9.04. The molecule has 9 heteroatoms. The molecule has 1 aliphatic heterocycles. The maximum Gasteiger partial charge on any atom is 0.261 e. The zero-order chi connectivity index (χ0) is 19.6. The first-order valence-electron chi connectivity index (χ1n) is 7.87. The molecule has 0 unspecified atom stereocenters. The van der Waals surface area contributed by atoms with Crippen LogP contribution in [0.25, 0.3) is 0 Å². The lowest BCUT2D eigenvalue weighted by atomic mass is 10.1. The molecule has 3 amide bonds. The number of anilines is 1. The van der Waals surface area contributed by atoms with Crippen LogP contribution in [0.15, 0.2) is 42.5 Å². The number of halogens is 2. The van der Waals surface area contributed by atoms with Gasteiger partial charge in [0.15, 0.2) is 5.11 Å². The fourth-order valence-electron chi connectivity index (χ4n) is 2.63. The van der Waals surface area contributed by atoms with Gasteiger partial charge in [-0.3, -0.25) is 19.3 Å². The van der Waals surface area contributed by atoms with Gasteiger partial charge in [-0.15, -0.1) is 0 Å². The summed E-state index contributed by atoms with van der Waals surface area (Å²) in [5.74, 6) is -1.24. The zero-order valence-corrected chi connectivity index (χ0v) is 16.1. The van der Waals surface area contributed by atoms with Gasteiger partial charge in [-0.1, -0.05) is 35.3 Å². The Labute approximate surface area is 170 Å². The van der Waals surface area contributed by atoms with Gasteiger partial charge in [0.1, 0.15) is 0 Å². The van der Waals surface area contributed by atoms with Crippen molar-refractivity contribution in [3.05, 3.63) is 63.6 Å². The number of nitrogens with zero attached hydrogens (tertiary/aromatic N) is 1. The van der Waals surface area contributed by atoms with Crippen LogP contribution in [0.3, 0.4) is 0 Å². The molecule has 0 aromatic heterocycles. The van der Waals surface area contributed by atoms with Crippen molar-refractivity contribution in [3.8, 4) is 0 Å². The highest BCUT2D eigenvalue weighted by molar-refractivity contribution is 7.80. The van der Waals surface area contributed by atoms with Crippen LogP contribution in [-0.4, -0.2) is 34.3 Å². The molecular weight excluding hydrogens is 409 g/mol. The van der Waals surface area contributed by atoms with Gasteiger partial charge in [-0.25, -0.2) is 0 Å². The second-order valence-corrected chi connectivity index (χ2v) is 7.00. The van der Waals surface area contributed by atoms with Crippen molar-refractivity contribution in [3.63, 3.8) is 0 Å². The number of carbonyl (C=O) groups excluding carboxylic acids is 3. The van der Waals surface area contributed by atoms with E-state index in [-0.39, 0.29) is 18.1 Å². The third-order valence-corrected chi connectivity index (χ3v) is 4.45. The summed E-state index contributed by atoms with van der Waals surface area (Å²) in [6, 6.07) is 11.3. The van der Waals surface area contributed by atoms with E-state index in [1.165, 1.54) is 0 Å². The smallest absolute Gasteiger partial charge is 0.261 e. The number of nitrogens with one attached hydrogen (secondary N) is 2. The van der Waals surface area contributed by atoms with E-state index in [1.54, 1.807) is 42.5 Å². The summed E-state index contributed by atoms with van der Waals surface area (Å²) in [5.41, 5.74) is 1.22. The molecule has 2 aromatic carbocycles. The number of hydrogen-bond acceptors (Lipinski definition) is 4. The number of carbonyl (C=O) groups is 3. The molecule has 138 valence electrons. The van der Waals surface area contributed by atoms with E-state index in [0.717, 1.165) is 4.90 Å². The molecular formula is C18H13Cl2N3O3S. The van der Waals surface area contributed by atoms with Crippen molar-refractivity contribution in [1.29, 1.82) is 0 Å². The third kappa shape index (κ3) is 4.44. The van der Waals surface area contributed by atoms with Gasteiger partial charge in [0.05, 0.1) is 11.1 Å². The minimum Gasteiger partial charge on any atom is -0.332 e. The fraction of sp³-hybridized carbons (Fsp3) is 0.111. The molecule has 3 rings (SSSR count). The fourth-order valence-corrected chi connectivity index (χ4v) is 3.39. The van der Waals surface area contributed by atoms with Crippen LogP contribution < -0.4 is 10.6 Å². The maximum absolute atomic E-state index is 12.3. The van der Waals surface area contributed by atoms with Gasteiger partial charge in [-0.05, 0) is 42.5 Å². The van der Waals surface area contributed by atoms with Crippen LogP contribution in [0.1, 0.15) is 27.1 Å². The van der Waals surface area contributed by atoms with Gasteiger partial charge in [0, 0.05) is 28.7 Å². The SMILES string of the molecule is O=C(CCN1C(=O)c2ccccc2C1=O)NC(=S)Nc1cc(Cl)cc(Cl)c1. The van der Waals surface area contributed by atoms with Crippen LogP contribution in [0, 0.1) is 0 Å². The van der Waals surface area contributed by atoms with Gasteiger partial charge in [-0.2, -0.15) is 0 Å². The van der Waals surface area contributed by atoms with Crippen molar-refractivity contribution in [2.75, 3.05) is 11.9 Å². The highest BCUT2D eigenvalue weighted by Gasteiger charge is 2.34. The Hall–Kier alpha value is -2.48. The molecule has 0 atom stereocenters. The second-order valence-electron chi connectivity index (χ2n) is 5.72. The first kappa shape index (κ1) is 19.3. The summed E-state index contributed by atoms with van der Waals surface area (Å²) in [6.07, 6.45) is -0.0798. The molecule has 0 aliphatic carbocycles. The molecule has 0 saturated heterocycles. The predicted molar refractivity (Wildman–Crippen MR) is 107 cm³/mol. The van der Waals surface area contributed by atoms with Gasteiger partial charge < -0.3 is 10.6 Å². The van der Waals surface area contributed by atoms with Crippen molar-refractivity contribution in [2.24, 2.45) is 0 Å². The van der Waals surface area contributed by atoms with Crippen molar-refractivity contribution < 1.29 is 14.4 Å². The van der Waals surface area contributed by atoms with E-state index >= 15 is 0 Å². The highest BCUT2D eigenvalue weighted by atomic mass is 35.5. The predicted octanol–water partition coefficient (Wildman–Crippen LogP) is 3.49. The van der Waals surface area contributed by atoms with Crippen molar-refractivity contribution in [1.82, 2.24) is 10.2 Å². The Morgan fingerprint density at radius 3 is 2.11 bits per heavy atom. The minimum absolute atomic E-state index is 0.0379. The van der Waals surface area contributed by atoms with E-state index < -0.39 is 17.7 Å². The average Bonchev–Trinajstić information content (AvgIpc) is 2.83. The molecule has 0 spiro atoms. The monoisotopic (exact) mass is 421 g/mol. The van der Waals surface area contributed by atoms with Crippen LogP contribution in [0.2, 0.25) is 10.0 Å². The number of rotatable bonds is 4. The lowest BCUT2D eigenvalue weighted by Crippen LogP contribution is -2.38. The van der Waals surface area contributed by atoms with Crippen LogP contribution in [0.4, 0.5) is 5.69 Å². The Kier molecular flexibility index (Phi) is 5.74. The largest absolute Gasteiger partial charge is 0.332 e. The van der Waals surface area contributed by atoms with Crippen LogP contribution in [0.5, 0.6) is 0 Å². The molecule has 0 fully saturated rings. The first-order chi connectivity index (χ1) is 12.8. The molecule has 0 radical (unpaired) electrons. The van der Waals surface area contributed by atoms with Crippen LogP contribution >= 0.6 is 35.4 Å². The topological polar surface area (TPSA) is 78.5 Å². The summed E-state index contributed by atoms with van der Waals surface area (Å²) in [7, 11) is 0. The Morgan fingerprint density at radius 2 is 1.56 bits per heavy atom. The lowest BCUT2D eigenvalue weighted by Gasteiger charge is -2.14. The number of imide groups is 1. The lowest BCUT2D eigenvalue weighted by molar-refractivity contribution is -0.119. The second kappa shape index (κ2) is 8.04. The minimum atomic E-state index is -0.433. The van der Waals surface area contributed by atoms with E-state index in [9.17, 15) is 14.4 Å². The van der Waals surface area contributed by atoms with Crippen molar-refractivity contribution >= 4 is 63.9 Å². The summed E-state index contributed by atoms with van der Waals surface area (Å²) in [6.45, 7) is -0.0379. The zero-order valence-electron chi connectivity index (χ0n) is 13.8. The van der Waals surface area contributed by atoms with Gasteiger partial charge >= 0.3 is 0 Å². The van der Waals surface area contributed by atoms with Gasteiger partial charge in [0.2, 0.25) is 5.91 Å². The molecule has 2 N–H and O–H groups in total. The number of fused-ring (bicyclic) bond motifs is 1. The standard InChI is InChI=1S/C18H13Cl2N3O3S/c19-10-7-11(20)9-12(8-10)21-18(27)22-15(24)5-6-23-16(25)13-3-1-2-4-14(13)17(23)26/h1-4,7-9H,5-6H2,(H2,21,22,24,27). The molecule has 27 heavy (non-hydrogen) atoms. The van der Waals surface area contributed by atoms with E-state index in [1.807, 2.05) is 0 Å². The molecule has 1 aliphatic rings. The van der Waals surface area contributed by atoms with E-state index in [0.29, 0.717) is 26.9 Å². The average molecular weight is 422 g/mol.